The Hall–Kier alpha value is -3.32. The van der Waals surface area contributed by atoms with Crippen LogP contribution in [0.2, 0.25) is 0 Å². The summed E-state index contributed by atoms with van der Waals surface area (Å²) >= 11 is 0. The first-order valence-electron chi connectivity index (χ1n) is 11.0. The van der Waals surface area contributed by atoms with Gasteiger partial charge in [0.1, 0.15) is 5.75 Å². The van der Waals surface area contributed by atoms with Crippen LogP contribution in [0.5, 0.6) is 5.75 Å². The van der Waals surface area contributed by atoms with Crippen LogP contribution in [-0.4, -0.2) is 20.9 Å². The minimum absolute atomic E-state index is 0.110. The second kappa shape index (κ2) is 11.0. The Kier molecular flexibility index (Phi) is 8.11. The van der Waals surface area contributed by atoms with Gasteiger partial charge in [-0.25, -0.2) is 8.42 Å². The number of rotatable bonds is 10. The van der Waals surface area contributed by atoms with Gasteiger partial charge in [0, 0.05) is 11.4 Å². The summed E-state index contributed by atoms with van der Waals surface area (Å²) in [7, 11) is -3.74. The van der Waals surface area contributed by atoms with E-state index >= 15 is 0 Å². The molecule has 0 bridgehead atoms. The van der Waals surface area contributed by atoms with Crippen molar-refractivity contribution in [3.05, 3.63) is 83.4 Å². The predicted molar refractivity (Wildman–Crippen MR) is 133 cm³/mol. The zero-order chi connectivity index (χ0) is 23.8. The molecule has 1 amide bonds. The molecule has 2 N–H and O–H groups in total. The van der Waals surface area contributed by atoms with Crippen LogP contribution in [0.25, 0.3) is 0 Å². The van der Waals surface area contributed by atoms with E-state index in [4.69, 9.17) is 4.74 Å². The van der Waals surface area contributed by atoms with Crippen molar-refractivity contribution in [1.29, 1.82) is 0 Å². The van der Waals surface area contributed by atoms with Crippen molar-refractivity contribution in [3.8, 4) is 5.75 Å². The highest BCUT2D eigenvalue weighted by atomic mass is 32.2. The third-order valence-corrected chi connectivity index (χ3v) is 6.72. The minimum Gasteiger partial charge on any atom is -0.493 e. The van der Waals surface area contributed by atoms with Crippen molar-refractivity contribution in [3.63, 3.8) is 0 Å². The Labute approximate surface area is 196 Å². The molecule has 0 saturated carbocycles. The van der Waals surface area contributed by atoms with E-state index in [2.05, 4.69) is 17.0 Å². The molecule has 0 atom stereocenters. The van der Waals surface area contributed by atoms with Crippen molar-refractivity contribution in [2.75, 3.05) is 16.6 Å². The Morgan fingerprint density at radius 1 is 0.879 bits per heavy atom. The zero-order valence-electron chi connectivity index (χ0n) is 19.2. The maximum atomic E-state index is 12.8. The van der Waals surface area contributed by atoms with Gasteiger partial charge in [-0.2, -0.15) is 0 Å². The number of hydrogen-bond donors (Lipinski definition) is 2. The molecule has 0 heterocycles. The SMILES string of the molecule is CCCCCOc1ccccc1C(=O)Nc1ccc(S(=O)(=O)Nc2ccc(C)c(C)c2)cc1. The fourth-order valence-corrected chi connectivity index (χ4v) is 4.30. The molecule has 0 aliphatic carbocycles. The van der Waals surface area contributed by atoms with Gasteiger partial charge >= 0.3 is 0 Å². The minimum atomic E-state index is -3.74. The number of carbonyl (C=O) groups is 1. The van der Waals surface area contributed by atoms with Gasteiger partial charge in [0.15, 0.2) is 0 Å². The first-order chi connectivity index (χ1) is 15.8. The number of ether oxygens (including phenoxy) is 1. The largest absolute Gasteiger partial charge is 0.493 e. The summed E-state index contributed by atoms with van der Waals surface area (Å²) in [5, 5.41) is 2.81. The molecule has 0 saturated heterocycles. The first kappa shape index (κ1) is 24.3. The third kappa shape index (κ3) is 6.58. The van der Waals surface area contributed by atoms with Crippen LogP contribution < -0.4 is 14.8 Å². The molecule has 33 heavy (non-hydrogen) atoms. The van der Waals surface area contributed by atoms with Crippen molar-refractivity contribution < 1.29 is 17.9 Å². The summed E-state index contributed by atoms with van der Waals surface area (Å²) in [6.07, 6.45) is 3.10. The van der Waals surface area contributed by atoms with Gasteiger partial charge in [-0.3, -0.25) is 9.52 Å². The monoisotopic (exact) mass is 466 g/mol. The Balaban J connectivity index is 1.68. The topological polar surface area (TPSA) is 84.5 Å². The fourth-order valence-electron chi connectivity index (χ4n) is 3.25. The second-order valence-electron chi connectivity index (χ2n) is 7.93. The average Bonchev–Trinajstić information content (AvgIpc) is 2.79. The van der Waals surface area contributed by atoms with E-state index in [1.165, 1.54) is 12.1 Å². The molecule has 0 aliphatic heterocycles. The highest BCUT2D eigenvalue weighted by Gasteiger charge is 2.16. The lowest BCUT2D eigenvalue weighted by molar-refractivity contribution is 0.102. The number of benzene rings is 3. The van der Waals surface area contributed by atoms with Gasteiger partial charge in [0.25, 0.3) is 15.9 Å². The molecule has 0 spiro atoms. The molecule has 0 radical (unpaired) electrons. The number of anilines is 2. The molecule has 7 heteroatoms. The molecule has 0 fully saturated rings. The number of nitrogens with one attached hydrogen (secondary N) is 2. The lowest BCUT2D eigenvalue weighted by Crippen LogP contribution is -2.15. The summed E-state index contributed by atoms with van der Waals surface area (Å²) in [6, 6.07) is 18.5. The van der Waals surface area contributed by atoms with E-state index in [1.54, 1.807) is 42.5 Å². The first-order valence-corrected chi connectivity index (χ1v) is 12.5. The van der Waals surface area contributed by atoms with E-state index in [1.807, 2.05) is 26.0 Å². The maximum absolute atomic E-state index is 12.8. The van der Waals surface area contributed by atoms with Crippen molar-refractivity contribution in [2.45, 2.75) is 44.9 Å². The van der Waals surface area contributed by atoms with Gasteiger partial charge in [-0.05, 0) is 79.9 Å². The van der Waals surface area contributed by atoms with Crippen LogP contribution >= 0.6 is 0 Å². The summed E-state index contributed by atoms with van der Waals surface area (Å²) in [5.74, 6) is 0.216. The quantitative estimate of drug-likeness (QED) is 0.363. The van der Waals surface area contributed by atoms with E-state index in [9.17, 15) is 13.2 Å². The highest BCUT2D eigenvalue weighted by molar-refractivity contribution is 7.92. The van der Waals surface area contributed by atoms with Crippen LogP contribution in [0.4, 0.5) is 11.4 Å². The molecule has 3 rings (SSSR count). The number of sulfonamides is 1. The number of unbranched alkanes of at least 4 members (excludes halogenated alkanes) is 2. The number of aryl methyl sites for hydroxylation is 2. The molecule has 0 unspecified atom stereocenters. The van der Waals surface area contributed by atoms with Gasteiger partial charge < -0.3 is 10.1 Å². The van der Waals surface area contributed by atoms with Crippen LogP contribution in [0.3, 0.4) is 0 Å². The van der Waals surface area contributed by atoms with Crippen LogP contribution in [0, 0.1) is 13.8 Å². The summed E-state index contributed by atoms with van der Waals surface area (Å²) < 4.78 is 33.8. The standard InChI is InChI=1S/C26H30N2O4S/c1-4-5-8-17-32-25-10-7-6-9-24(25)26(29)27-21-13-15-23(16-14-21)33(30,31)28-22-12-11-19(2)20(3)18-22/h6-7,9-16,18,28H,4-5,8,17H2,1-3H3,(H,27,29). The molecule has 0 aromatic heterocycles. The Morgan fingerprint density at radius 3 is 2.27 bits per heavy atom. The van der Waals surface area contributed by atoms with E-state index in [0.717, 1.165) is 30.4 Å². The normalized spacial score (nSPS) is 11.1. The van der Waals surface area contributed by atoms with Crippen LogP contribution in [0.1, 0.15) is 47.7 Å². The van der Waals surface area contributed by atoms with Gasteiger partial charge in [0.2, 0.25) is 0 Å². The average molecular weight is 467 g/mol. The number of hydrogen-bond acceptors (Lipinski definition) is 4. The fraction of sp³-hybridized carbons (Fsp3) is 0.269. The Morgan fingerprint density at radius 2 is 1.58 bits per heavy atom. The molecular formula is C26H30N2O4S. The van der Waals surface area contributed by atoms with E-state index in [-0.39, 0.29) is 10.8 Å². The van der Waals surface area contributed by atoms with Crippen molar-refractivity contribution in [2.24, 2.45) is 0 Å². The zero-order valence-corrected chi connectivity index (χ0v) is 20.0. The summed E-state index contributed by atoms with van der Waals surface area (Å²) in [4.78, 5) is 12.9. The smallest absolute Gasteiger partial charge is 0.261 e. The summed E-state index contributed by atoms with van der Waals surface area (Å²) in [6.45, 7) is 6.58. The summed E-state index contributed by atoms with van der Waals surface area (Å²) in [5.41, 5.74) is 3.52. The van der Waals surface area contributed by atoms with E-state index in [0.29, 0.717) is 29.3 Å². The van der Waals surface area contributed by atoms with Gasteiger partial charge in [-0.1, -0.05) is 38.0 Å². The Bertz CT molecular complexity index is 1210. The lowest BCUT2D eigenvalue weighted by atomic mass is 10.1. The van der Waals surface area contributed by atoms with Crippen LogP contribution in [-0.2, 0) is 10.0 Å². The number of para-hydroxylation sites is 1. The third-order valence-electron chi connectivity index (χ3n) is 5.32. The van der Waals surface area contributed by atoms with Gasteiger partial charge in [0.05, 0.1) is 17.1 Å². The molecule has 3 aromatic carbocycles. The number of amides is 1. The highest BCUT2D eigenvalue weighted by Crippen LogP contribution is 2.23. The van der Waals surface area contributed by atoms with Crippen LogP contribution in [0.15, 0.2) is 71.6 Å². The van der Waals surface area contributed by atoms with Gasteiger partial charge in [-0.15, -0.1) is 0 Å². The van der Waals surface area contributed by atoms with Crippen molar-refractivity contribution in [1.82, 2.24) is 0 Å². The maximum Gasteiger partial charge on any atom is 0.261 e. The molecule has 3 aromatic rings. The lowest BCUT2D eigenvalue weighted by Gasteiger charge is -2.12. The molecule has 6 nitrogen and oxygen atoms in total. The molecule has 174 valence electrons. The molecular weight excluding hydrogens is 436 g/mol. The number of carbonyl (C=O) groups excluding carboxylic acids is 1. The van der Waals surface area contributed by atoms with Crippen molar-refractivity contribution >= 4 is 27.3 Å². The molecule has 0 aliphatic rings. The predicted octanol–water partition coefficient (Wildman–Crippen LogP) is 5.93. The van der Waals surface area contributed by atoms with E-state index < -0.39 is 10.0 Å². The second-order valence-corrected chi connectivity index (χ2v) is 9.62.